The summed E-state index contributed by atoms with van der Waals surface area (Å²) in [6.45, 7) is 4.10. The first-order valence-corrected chi connectivity index (χ1v) is 6.56. The Morgan fingerprint density at radius 3 is 2.42 bits per heavy atom. The molecule has 0 N–H and O–H groups in total. The summed E-state index contributed by atoms with van der Waals surface area (Å²) < 4.78 is 10.3. The van der Waals surface area contributed by atoms with Gasteiger partial charge in [-0.25, -0.2) is 0 Å². The fraction of sp³-hybridized carbons (Fsp3) is 0.467. The first-order valence-electron chi connectivity index (χ1n) is 6.56. The van der Waals surface area contributed by atoms with Crippen LogP contribution in [0.4, 0.5) is 0 Å². The van der Waals surface area contributed by atoms with E-state index in [0.29, 0.717) is 13.0 Å². The lowest BCUT2D eigenvalue weighted by Gasteiger charge is -2.12. The van der Waals surface area contributed by atoms with Gasteiger partial charge in [0, 0.05) is 6.42 Å². The summed E-state index contributed by atoms with van der Waals surface area (Å²) in [7, 11) is 0. The number of Topliss-reactive ketones (excluding diaryl/α,β-unsaturated/α-hetero) is 1. The molecule has 1 aromatic carbocycles. The zero-order valence-corrected chi connectivity index (χ0v) is 11.4. The van der Waals surface area contributed by atoms with Crippen molar-refractivity contribution in [3.05, 3.63) is 30.3 Å². The molecule has 0 amide bonds. The van der Waals surface area contributed by atoms with Gasteiger partial charge in [-0.3, -0.25) is 9.59 Å². The normalized spacial score (nSPS) is 11.7. The van der Waals surface area contributed by atoms with Crippen molar-refractivity contribution in [3.63, 3.8) is 0 Å². The molecule has 1 unspecified atom stereocenters. The molecule has 0 aliphatic rings. The smallest absolute Gasteiger partial charge is 0.316 e. The van der Waals surface area contributed by atoms with Crippen molar-refractivity contribution in [2.24, 2.45) is 5.92 Å². The Labute approximate surface area is 113 Å². The molecule has 4 nitrogen and oxygen atoms in total. The van der Waals surface area contributed by atoms with Gasteiger partial charge >= 0.3 is 5.97 Å². The molecule has 19 heavy (non-hydrogen) atoms. The van der Waals surface area contributed by atoms with Gasteiger partial charge in [-0.05, 0) is 25.5 Å². The Bertz CT molecular complexity index is 400. The quantitative estimate of drug-likeness (QED) is 0.535. The third-order valence-corrected chi connectivity index (χ3v) is 2.73. The van der Waals surface area contributed by atoms with Gasteiger partial charge in [0.2, 0.25) is 0 Å². The Morgan fingerprint density at radius 1 is 1.16 bits per heavy atom. The third kappa shape index (κ3) is 5.12. The summed E-state index contributed by atoms with van der Waals surface area (Å²) in [5.74, 6) is -0.509. The molecule has 104 valence electrons. The molecule has 0 saturated heterocycles. The van der Waals surface area contributed by atoms with Gasteiger partial charge in [-0.2, -0.15) is 0 Å². The lowest BCUT2D eigenvalue weighted by atomic mass is 9.99. The predicted octanol–water partition coefficient (Wildman–Crippen LogP) is 2.61. The van der Waals surface area contributed by atoms with Crippen LogP contribution in [0, 0.1) is 5.92 Å². The van der Waals surface area contributed by atoms with Crippen LogP contribution in [0.25, 0.3) is 0 Å². The molecule has 1 atom stereocenters. The summed E-state index contributed by atoms with van der Waals surface area (Å²) in [6, 6.07) is 9.28. The lowest BCUT2D eigenvalue weighted by molar-refractivity contribution is -0.151. The monoisotopic (exact) mass is 264 g/mol. The van der Waals surface area contributed by atoms with Crippen molar-refractivity contribution in [3.8, 4) is 5.75 Å². The Kier molecular flexibility index (Phi) is 6.64. The van der Waals surface area contributed by atoms with Crippen molar-refractivity contribution in [1.82, 2.24) is 0 Å². The zero-order chi connectivity index (χ0) is 14.1. The highest BCUT2D eigenvalue weighted by molar-refractivity contribution is 5.98. The minimum absolute atomic E-state index is 0.128. The molecule has 0 aliphatic heterocycles. The standard InChI is InChI=1S/C15H20O4/c1-3-13(15(17)18-4-2)14(16)10-11-19-12-8-6-5-7-9-12/h5-9,13H,3-4,10-11H2,1-2H3. The topological polar surface area (TPSA) is 52.6 Å². The zero-order valence-electron chi connectivity index (χ0n) is 11.4. The van der Waals surface area contributed by atoms with Gasteiger partial charge in [0.05, 0.1) is 13.2 Å². The van der Waals surface area contributed by atoms with E-state index in [1.807, 2.05) is 30.3 Å². The van der Waals surface area contributed by atoms with Crippen LogP contribution in [0.15, 0.2) is 30.3 Å². The van der Waals surface area contributed by atoms with Crippen molar-refractivity contribution >= 4 is 11.8 Å². The molecule has 4 heteroatoms. The van der Waals surface area contributed by atoms with E-state index in [1.165, 1.54) is 0 Å². The summed E-state index contributed by atoms with van der Waals surface area (Å²) in [5.41, 5.74) is 0. The number of ether oxygens (including phenoxy) is 2. The van der Waals surface area contributed by atoms with Crippen LogP contribution in [0.3, 0.4) is 0 Å². The number of carbonyl (C=O) groups is 2. The summed E-state index contributed by atoms with van der Waals surface area (Å²) in [6.07, 6.45) is 0.676. The van der Waals surface area contributed by atoms with Crippen LogP contribution >= 0.6 is 0 Å². The maximum absolute atomic E-state index is 11.9. The fourth-order valence-corrected chi connectivity index (χ4v) is 1.73. The van der Waals surface area contributed by atoms with E-state index in [9.17, 15) is 9.59 Å². The van der Waals surface area contributed by atoms with Crippen molar-refractivity contribution in [2.45, 2.75) is 26.7 Å². The summed E-state index contributed by atoms with van der Waals surface area (Å²) >= 11 is 0. The summed E-state index contributed by atoms with van der Waals surface area (Å²) in [5, 5.41) is 0. The minimum Gasteiger partial charge on any atom is -0.493 e. The molecular weight excluding hydrogens is 244 g/mol. The Balaban J connectivity index is 2.39. The van der Waals surface area contributed by atoms with Crippen molar-refractivity contribution < 1.29 is 19.1 Å². The van der Waals surface area contributed by atoms with Crippen LogP contribution in [-0.4, -0.2) is 25.0 Å². The second kappa shape index (κ2) is 8.29. The van der Waals surface area contributed by atoms with E-state index in [1.54, 1.807) is 13.8 Å². The number of carbonyl (C=O) groups excluding carboxylic acids is 2. The molecule has 0 spiro atoms. The largest absolute Gasteiger partial charge is 0.493 e. The van der Waals surface area contributed by atoms with Crippen molar-refractivity contribution in [1.29, 1.82) is 0 Å². The van der Waals surface area contributed by atoms with E-state index in [0.717, 1.165) is 5.75 Å². The molecule has 0 heterocycles. The highest BCUT2D eigenvalue weighted by Gasteiger charge is 2.25. The fourth-order valence-electron chi connectivity index (χ4n) is 1.73. The van der Waals surface area contributed by atoms with Crippen LogP contribution < -0.4 is 4.74 Å². The first-order chi connectivity index (χ1) is 9.19. The minimum atomic E-state index is -0.667. The van der Waals surface area contributed by atoms with Crippen LogP contribution in [0.5, 0.6) is 5.75 Å². The number of rotatable bonds is 8. The second-order valence-corrected chi connectivity index (χ2v) is 4.09. The molecular formula is C15H20O4. The number of ketones is 1. The van der Waals surface area contributed by atoms with Gasteiger partial charge < -0.3 is 9.47 Å². The maximum atomic E-state index is 11.9. The van der Waals surface area contributed by atoms with Crippen LogP contribution in [0.2, 0.25) is 0 Å². The van der Waals surface area contributed by atoms with E-state index in [2.05, 4.69) is 0 Å². The van der Waals surface area contributed by atoms with Gasteiger partial charge in [0.1, 0.15) is 17.5 Å². The number of esters is 1. The van der Waals surface area contributed by atoms with Gasteiger partial charge in [-0.1, -0.05) is 25.1 Å². The molecule has 1 aromatic rings. The summed E-state index contributed by atoms with van der Waals surface area (Å²) in [4.78, 5) is 23.5. The Morgan fingerprint density at radius 2 is 1.84 bits per heavy atom. The van der Waals surface area contributed by atoms with Crippen LogP contribution in [0.1, 0.15) is 26.7 Å². The van der Waals surface area contributed by atoms with Gasteiger partial charge in [0.15, 0.2) is 0 Å². The molecule has 0 radical (unpaired) electrons. The molecule has 0 aliphatic carbocycles. The van der Waals surface area contributed by atoms with Gasteiger partial charge in [-0.15, -0.1) is 0 Å². The second-order valence-electron chi connectivity index (χ2n) is 4.09. The van der Waals surface area contributed by atoms with Crippen LogP contribution in [-0.2, 0) is 14.3 Å². The molecule has 0 saturated carbocycles. The SMILES string of the molecule is CCOC(=O)C(CC)C(=O)CCOc1ccccc1. The Hall–Kier alpha value is -1.84. The van der Waals surface area contributed by atoms with Gasteiger partial charge in [0.25, 0.3) is 0 Å². The number of para-hydroxylation sites is 1. The average Bonchev–Trinajstić information content (AvgIpc) is 2.41. The van der Waals surface area contributed by atoms with E-state index in [-0.39, 0.29) is 18.8 Å². The van der Waals surface area contributed by atoms with E-state index < -0.39 is 11.9 Å². The number of hydrogen-bond donors (Lipinski definition) is 0. The lowest BCUT2D eigenvalue weighted by Crippen LogP contribution is -2.26. The number of benzene rings is 1. The molecule has 0 fully saturated rings. The molecule has 0 aromatic heterocycles. The number of hydrogen-bond acceptors (Lipinski definition) is 4. The highest BCUT2D eigenvalue weighted by atomic mass is 16.5. The highest BCUT2D eigenvalue weighted by Crippen LogP contribution is 2.12. The third-order valence-electron chi connectivity index (χ3n) is 2.73. The van der Waals surface area contributed by atoms with E-state index in [4.69, 9.17) is 9.47 Å². The maximum Gasteiger partial charge on any atom is 0.316 e. The predicted molar refractivity (Wildman–Crippen MR) is 72.0 cm³/mol. The molecule has 1 rings (SSSR count). The van der Waals surface area contributed by atoms with E-state index >= 15 is 0 Å². The first kappa shape index (κ1) is 15.2. The molecule has 0 bridgehead atoms. The average molecular weight is 264 g/mol. The van der Waals surface area contributed by atoms with Crippen molar-refractivity contribution in [2.75, 3.05) is 13.2 Å².